The molecule has 3 nitrogen and oxygen atoms in total. The van der Waals surface area contributed by atoms with E-state index in [9.17, 15) is 22.0 Å². The molecule has 1 N–H and O–H groups in total. The van der Waals surface area contributed by atoms with Crippen molar-refractivity contribution in [3.05, 3.63) is 29.1 Å². The Morgan fingerprint density at radius 1 is 0.789 bits per heavy atom. The van der Waals surface area contributed by atoms with Crippen LogP contribution in [0.3, 0.4) is 0 Å². The van der Waals surface area contributed by atoms with Crippen molar-refractivity contribution in [1.82, 2.24) is 0 Å². The molecule has 8 heteroatoms. The molecule has 1 atom stereocenters. The maximum absolute atomic E-state index is 13.4. The lowest BCUT2D eigenvalue weighted by atomic mass is 10.2. The largest absolute Gasteiger partial charge is 0.373 e. The number of nitrogens with one attached hydrogen (secondary N) is 1. The van der Waals surface area contributed by atoms with Crippen LogP contribution in [-0.2, 0) is 9.47 Å². The number of hydrogen-bond acceptors (Lipinski definition) is 3. The van der Waals surface area contributed by atoms with Crippen LogP contribution < -0.4 is 5.32 Å². The van der Waals surface area contributed by atoms with Gasteiger partial charge in [-0.3, -0.25) is 0 Å². The minimum absolute atomic E-state index is 0.844. The van der Waals surface area contributed by atoms with Gasteiger partial charge >= 0.3 is 0 Å². The second-order valence-corrected chi connectivity index (χ2v) is 3.72. The molecule has 1 unspecified atom stereocenters. The molecule has 0 aromatic heterocycles. The summed E-state index contributed by atoms with van der Waals surface area (Å²) in [7, 11) is 2.54. The fraction of sp³-hybridized carbons (Fsp3) is 0.455. The van der Waals surface area contributed by atoms with Crippen molar-refractivity contribution in [3.8, 4) is 0 Å². The zero-order valence-electron chi connectivity index (χ0n) is 10.4. The lowest BCUT2D eigenvalue weighted by Crippen LogP contribution is -2.34. The van der Waals surface area contributed by atoms with E-state index in [0.717, 1.165) is 0 Å². The topological polar surface area (TPSA) is 30.5 Å². The third kappa shape index (κ3) is 2.95. The lowest BCUT2D eigenvalue weighted by Gasteiger charge is -2.23. The smallest absolute Gasteiger partial charge is 0.200 e. The average Bonchev–Trinajstić information content (AvgIpc) is 2.40. The van der Waals surface area contributed by atoms with Crippen LogP contribution in [-0.4, -0.2) is 26.6 Å². The minimum atomic E-state index is -2.21. The molecule has 19 heavy (non-hydrogen) atoms. The molecule has 0 spiro atoms. The Balaban J connectivity index is 3.15. The summed E-state index contributed by atoms with van der Waals surface area (Å²) in [6.07, 6.45) is -0.921. The normalized spacial score (nSPS) is 12.9. The van der Waals surface area contributed by atoms with Crippen molar-refractivity contribution in [2.24, 2.45) is 0 Å². The van der Waals surface area contributed by atoms with Crippen molar-refractivity contribution in [1.29, 1.82) is 0 Å². The third-order valence-electron chi connectivity index (χ3n) is 2.45. The summed E-state index contributed by atoms with van der Waals surface area (Å²) in [5.41, 5.74) is -1.12. The van der Waals surface area contributed by atoms with Crippen LogP contribution in [0.15, 0.2) is 0 Å². The number of rotatable bonds is 5. The van der Waals surface area contributed by atoms with Crippen molar-refractivity contribution in [3.63, 3.8) is 0 Å². The Hall–Kier alpha value is -1.41. The van der Waals surface area contributed by atoms with Crippen LogP contribution >= 0.6 is 0 Å². The summed E-state index contributed by atoms with van der Waals surface area (Å²) >= 11 is 0. The first-order valence-corrected chi connectivity index (χ1v) is 5.18. The van der Waals surface area contributed by atoms with Gasteiger partial charge in [0, 0.05) is 14.2 Å². The highest BCUT2D eigenvalue weighted by molar-refractivity contribution is 5.48. The highest BCUT2D eigenvalue weighted by atomic mass is 19.2. The molecule has 0 bridgehead atoms. The summed E-state index contributed by atoms with van der Waals surface area (Å²) in [4.78, 5) is 0. The van der Waals surface area contributed by atoms with Crippen molar-refractivity contribution in [2.45, 2.75) is 19.3 Å². The zero-order chi connectivity index (χ0) is 14.7. The monoisotopic (exact) mass is 285 g/mol. The van der Waals surface area contributed by atoms with Crippen LogP contribution in [0.25, 0.3) is 0 Å². The maximum Gasteiger partial charge on any atom is 0.200 e. The molecule has 0 aliphatic carbocycles. The predicted molar refractivity (Wildman–Crippen MR) is 57.1 cm³/mol. The van der Waals surface area contributed by atoms with Crippen molar-refractivity contribution >= 4 is 5.69 Å². The van der Waals surface area contributed by atoms with Gasteiger partial charge in [0.05, 0.1) is 6.04 Å². The van der Waals surface area contributed by atoms with Gasteiger partial charge in [-0.1, -0.05) is 0 Å². The highest BCUT2D eigenvalue weighted by Crippen LogP contribution is 2.28. The Bertz CT molecular complexity index is 436. The van der Waals surface area contributed by atoms with E-state index in [1.54, 1.807) is 0 Å². The van der Waals surface area contributed by atoms with Gasteiger partial charge in [0.1, 0.15) is 5.69 Å². The van der Waals surface area contributed by atoms with Gasteiger partial charge in [-0.15, -0.1) is 0 Å². The van der Waals surface area contributed by atoms with Gasteiger partial charge < -0.3 is 14.8 Å². The number of ether oxygens (including phenoxy) is 2. The standard InChI is InChI=1S/C11H12F5NO2/c1-4(11(18-2)19-3)17-10-8(15)6(13)5(12)7(14)9(10)16/h4,11,17H,1-3H3. The number of hydrogen-bond donors (Lipinski definition) is 1. The molecule has 1 aromatic rings. The predicted octanol–water partition coefficient (Wildman–Crippen LogP) is 2.80. The number of anilines is 1. The van der Waals surface area contributed by atoms with Crippen LogP contribution in [0, 0.1) is 29.1 Å². The molecule has 0 saturated carbocycles. The fourth-order valence-corrected chi connectivity index (χ4v) is 1.53. The molecule has 1 rings (SSSR count). The van der Waals surface area contributed by atoms with Crippen molar-refractivity contribution in [2.75, 3.05) is 19.5 Å². The van der Waals surface area contributed by atoms with E-state index in [1.165, 1.54) is 21.1 Å². The first kappa shape index (κ1) is 15.6. The van der Waals surface area contributed by atoms with E-state index in [-0.39, 0.29) is 0 Å². The van der Waals surface area contributed by atoms with E-state index >= 15 is 0 Å². The second-order valence-electron chi connectivity index (χ2n) is 3.72. The summed E-state index contributed by atoms with van der Waals surface area (Å²) in [6.45, 7) is 1.40. The molecular weight excluding hydrogens is 273 g/mol. The fourth-order valence-electron chi connectivity index (χ4n) is 1.53. The maximum atomic E-state index is 13.4. The number of methoxy groups -OCH3 is 2. The molecule has 0 saturated heterocycles. The lowest BCUT2D eigenvalue weighted by molar-refractivity contribution is -0.109. The van der Waals surface area contributed by atoms with Crippen molar-refractivity contribution < 1.29 is 31.4 Å². The van der Waals surface area contributed by atoms with Crippen LogP contribution in [0.4, 0.5) is 27.6 Å². The van der Waals surface area contributed by atoms with Crippen LogP contribution in [0.1, 0.15) is 6.92 Å². The molecule has 0 amide bonds. The Labute approximate surface area is 106 Å². The molecule has 108 valence electrons. The molecule has 0 heterocycles. The summed E-state index contributed by atoms with van der Waals surface area (Å²) in [6, 6.07) is -0.844. The summed E-state index contributed by atoms with van der Waals surface area (Å²) in [5, 5.41) is 2.14. The zero-order valence-corrected chi connectivity index (χ0v) is 10.4. The summed E-state index contributed by atoms with van der Waals surface area (Å²) < 4.78 is 75.1. The van der Waals surface area contributed by atoms with Gasteiger partial charge in [-0.2, -0.15) is 0 Å². The van der Waals surface area contributed by atoms with E-state index in [1.807, 2.05) is 0 Å². The summed E-state index contributed by atoms with van der Waals surface area (Å²) in [5.74, 6) is -10.1. The molecule has 0 fully saturated rings. The van der Waals surface area contributed by atoms with Gasteiger partial charge in [-0.25, -0.2) is 22.0 Å². The van der Waals surface area contributed by atoms with Crippen LogP contribution in [0.2, 0.25) is 0 Å². The third-order valence-corrected chi connectivity index (χ3v) is 2.45. The first-order valence-electron chi connectivity index (χ1n) is 5.18. The van der Waals surface area contributed by atoms with E-state index in [0.29, 0.717) is 0 Å². The molecule has 1 aromatic carbocycles. The number of benzene rings is 1. The van der Waals surface area contributed by atoms with Gasteiger partial charge in [0.2, 0.25) is 5.82 Å². The quantitative estimate of drug-likeness (QED) is 0.390. The highest BCUT2D eigenvalue weighted by Gasteiger charge is 2.28. The molecule has 0 aliphatic rings. The molecular formula is C11H12F5NO2. The first-order chi connectivity index (χ1) is 8.84. The van der Waals surface area contributed by atoms with E-state index in [2.05, 4.69) is 5.32 Å². The van der Waals surface area contributed by atoms with Gasteiger partial charge in [0.15, 0.2) is 29.6 Å². The Kier molecular flexibility index (Phi) is 5.07. The Morgan fingerprint density at radius 2 is 1.16 bits per heavy atom. The SMILES string of the molecule is COC(OC)C(C)Nc1c(F)c(F)c(F)c(F)c1F. The molecule has 0 radical (unpaired) electrons. The second kappa shape index (κ2) is 6.16. The van der Waals surface area contributed by atoms with Crippen LogP contribution in [0.5, 0.6) is 0 Å². The van der Waals surface area contributed by atoms with E-state index < -0.39 is 47.1 Å². The number of halogens is 5. The molecule has 0 aliphatic heterocycles. The van der Waals surface area contributed by atoms with Gasteiger partial charge in [-0.05, 0) is 6.92 Å². The Morgan fingerprint density at radius 3 is 1.53 bits per heavy atom. The average molecular weight is 285 g/mol. The van der Waals surface area contributed by atoms with E-state index in [4.69, 9.17) is 9.47 Å². The van der Waals surface area contributed by atoms with Gasteiger partial charge in [0.25, 0.3) is 0 Å². The minimum Gasteiger partial charge on any atom is -0.373 e.